The van der Waals surface area contributed by atoms with Gasteiger partial charge in [0.05, 0.1) is 18.0 Å². The normalized spacial score (nSPS) is 21.4. The monoisotopic (exact) mass is 383 g/mol. The number of hydrogen-bond acceptors (Lipinski definition) is 6. The minimum atomic E-state index is -0.435. The van der Waals surface area contributed by atoms with Gasteiger partial charge in [0.1, 0.15) is 17.2 Å². The summed E-state index contributed by atoms with van der Waals surface area (Å²) in [6.45, 7) is 11.6. The summed E-state index contributed by atoms with van der Waals surface area (Å²) in [4.78, 5) is 18.3. The SMILES string of the molecule is C=Nc1ccc2c(c1C#N)OC[C@@H]1CC(CCC(=O)OC(C)(C)C)CCN2C1. The highest BCUT2D eigenvalue weighted by molar-refractivity contribution is 5.74. The Balaban J connectivity index is 1.70. The Labute approximate surface area is 167 Å². The summed E-state index contributed by atoms with van der Waals surface area (Å²) >= 11 is 0. The maximum absolute atomic E-state index is 12.1. The molecule has 1 saturated heterocycles. The standard InChI is InChI=1S/C22H29N3O3/c1-22(2,3)28-20(26)8-5-15-9-10-25-13-16(11-15)14-27-21-17(12-23)18(24-4)6-7-19(21)25/h6-7,15-16H,4-5,8-11,13-14H2,1-3H3/t15?,16-/m1/s1. The van der Waals surface area contributed by atoms with Gasteiger partial charge in [-0.3, -0.25) is 9.79 Å². The zero-order valence-corrected chi connectivity index (χ0v) is 17.0. The maximum atomic E-state index is 12.1. The molecule has 0 saturated carbocycles. The van der Waals surface area contributed by atoms with Crippen LogP contribution in [-0.4, -0.2) is 38.0 Å². The number of aliphatic imine (C=N–C) groups is 1. The third-order valence-electron chi connectivity index (χ3n) is 5.33. The van der Waals surface area contributed by atoms with Gasteiger partial charge in [0.2, 0.25) is 0 Å². The Bertz CT molecular complexity index is 791. The number of benzene rings is 1. The van der Waals surface area contributed by atoms with Crippen LogP contribution in [0.15, 0.2) is 17.1 Å². The molecule has 0 amide bonds. The summed E-state index contributed by atoms with van der Waals surface area (Å²) in [7, 11) is 0. The molecule has 0 radical (unpaired) electrons. The lowest BCUT2D eigenvalue weighted by Gasteiger charge is -2.24. The van der Waals surface area contributed by atoms with E-state index in [4.69, 9.17) is 9.47 Å². The highest BCUT2D eigenvalue weighted by atomic mass is 16.6. The number of carbonyl (C=O) groups excluding carboxylic acids is 1. The van der Waals surface area contributed by atoms with Crippen molar-refractivity contribution in [1.29, 1.82) is 5.26 Å². The van der Waals surface area contributed by atoms with Gasteiger partial charge in [-0.1, -0.05) is 0 Å². The average Bonchev–Trinajstić information content (AvgIpc) is 2.95. The predicted octanol–water partition coefficient (Wildman–Crippen LogP) is 4.24. The van der Waals surface area contributed by atoms with Gasteiger partial charge in [0.15, 0.2) is 5.75 Å². The molecule has 3 rings (SSSR count). The van der Waals surface area contributed by atoms with Crippen molar-refractivity contribution >= 4 is 24.1 Å². The highest BCUT2D eigenvalue weighted by Gasteiger charge is 2.31. The minimum absolute atomic E-state index is 0.123. The number of carbonyl (C=O) groups is 1. The van der Waals surface area contributed by atoms with Gasteiger partial charge in [0.25, 0.3) is 0 Å². The number of anilines is 1. The second kappa shape index (κ2) is 8.22. The molecule has 6 nitrogen and oxygen atoms in total. The van der Waals surface area contributed by atoms with Gasteiger partial charge in [-0.05, 0) is 64.8 Å². The van der Waals surface area contributed by atoms with Crippen molar-refractivity contribution in [1.82, 2.24) is 0 Å². The Morgan fingerprint density at radius 2 is 2.25 bits per heavy atom. The van der Waals surface area contributed by atoms with Gasteiger partial charge in [-0.25, -0.2) is 0 Å². The topological polar surface area (TPSA) is 74.9 Å². The fraction of sp³-hybridized carbons (Fsp3) is 0.591. The number of nitrogens with zero attached hydrogens (tertiary/aromatic N) is 3. The van der Waals surface area contributed by atoms with E-state index in [0.717, 1.165) is 38.0 Å². The van der Waals surface area contributed by atoms with Gasteiger partial charge in [-0.15, -0.1) is 0 Å². The van der Waals surface area contributed by atoms with Gasteiger partial charge < -0.3 is 14.4 Å². The Hall–Kier alpha value is -2.55. The zero-order valence-electron chi connectivity index (χ0n) is 17.0. The van der Waals surface area contributed by atoms with E-state index in [-0.39, 0.29) is 5.97 Å². The van der Waals surface area contributed by atoms with Crippen LogP contribution in [-0.2, 0) is 9.53 Å². The van der Waals surface area contributed by atoms with Gasteiger partial charge in [-0.2, -0.15) is 5.26 Å². The number of ether oxygens (including phenoxy) is 2. The summed E-state index contributed by atoms with van der Waals surface area (Å²) in [6.07, 6.45) is 3.33. The Morgan fingerprint density at radius 1 is 1.46 bits per heavy atom. The lowest BCUT2D eigenvalue weighted by Crippen LogP contribution is -2.27. The molecule has 2 bridgehead atoms. The number of esters is 1. The molecule has 0 aliphatic carbocycles. The Kier molecular flexibility index (Phi) is 5.93. The summed E-state index contributed by atoms with van der Waals surface area (Å²) in [6, 6.07) is 6.03. The first-order valence-electron chi connectivity index (χ1n) is 9.94. The summed E-state index contributed by atoms with van der Waals surface area (Å²) in [5.74, 6) is 1.34. The molecule has 1 aromatic carbocycles. The molecule has 6 heteroatoms. The fourth-order valence-corrected chi connectivity index (χ4v) is 4.12. The van der Waals surface area contributed by atoms with Crippen LogP contribution in [0.25, 0.3) is 0 Å². The number of rotatable bonds is 4. The van der Waals surface area contributed by atoms with Crippen molar-refractivity contribution in [2.45, 2.75) is 52.1 Å². The van der Waals surface area contributed by atoms with Crippen LogP contribution < -0.4 is 9.64 Å². The number of hydrogen-bond donors (Lipinski definition) is 0. The zero-order chi connectivity index (χ0) is 20.3. The number of nitriles is 1. The molecule has 28 heavy (non-hydrogen) atoms. The third-order valence-corrected chi connectivity index (χ3v) is 5.33. The molecule has 1 unspecified atom stereocenters. The first kappa shape index (κ1) is 20.2. The smallest absolute Gasteiger partial charge is 0.306 e. The van der Waals surface area contributed by atoms with Gasteiger partial charge >= 0.3 is 5.97 Å². The third kappa shape index (κ3) is 4.64. The van der Waals surface area contributed by atoms with E-state index in [9.17, 15) is 10.1 Å². The summed E-state index contributed by atoms with van der Waals surface area (Å²) in [5.41, 5.74) is 1.54. The van der Waals surface area contributed by atoms with E-state index in [1.165, 1.54) is 0 Å². The molecular formula is C22H29N3O3. The molecule has 150 valence electrons. The Morgan fingerprint density at radius 3 is 2.93 bits per heavy atom. The van der Waals surface area contributed by atoms with E-state index in [1.807, 2.05) is 32.9 Å². The molecule has 0 spiro atoms. The van der Waals surface area contributed by atoms with Gasteiger partial charge in [0, 0.05) is 25.4 Å². The second-order valence-corrected chi connectivity index (χ2v) is 8.72. The lowest BCUT2D eigenvalue weighted by molar-refractivity contribution is -0.155. The van der Waals surface area contributed by atoms with Crippen LogP contribution in [0.2, 0.25) is 0 Å². The fourth-order valence-electron chi connectivity index (χ4n) is 4.12. The van der Waals surface area contributed by atoms with E-state index in [0.29, 0.717) is 41.9 Å². The number of fused-ring (bicyclic) bond motifs is 4. The summed E-state index contributed by atoms with van der Waals surface area (Å²) in [5, 5.41) is 9.56. The van der Waals surface area contributed by atoms with Crippen molar-refractivity contribution in [2.24, 2.45) is 16.8 Å². The van der Waals surface area contributed by atoms with Crippen molar-refractivity contribution in [3.05, 3.63) is 17.7 Å². The van der Waals surface area contributed by atoms with E-state index in [1.54, 1.807) is 0 Å². The van der Waals surface area contributed by atoms with Crippen LogP contribution in [0, 0.1) is 23.2 Å². The van der Waals surface area contributed by atoms with Crippen LogP contribution in [0.4, 0.5) is 11.4 Å². The van der Waals surface area contributed by atoms with Crippen LogP contribution >= 0.6 is 0 Å². The van der Waals surface area contributed by atoms with Crippen molar-refractivity contribution in [2.75, 3.05) is 24.6 Å². The molecule has 2 aliphatic rings. The maximum Gasteiger partial charge on any atom is 0.306 e. The first-order valence-corrected chi connectivity index (χ1v) is 9.94. The van der Waals surface area contributed by atoms with Crippen molar-refractivity contribution < 1.29 is 14.3 Å². The second-order valence-electron chi connectivity index (χ2n) is 8.72. The molecule has 0 N–H and O–H groups in total. The molecule has 1 fully saturated rings. The van der Waals surface area contributed by atoms with E-state index in [2.05, 4.69) is 22.7 Å². The van der Waals surface area contributed by atoms with Crippen LogP contribution in [0.1, 0.15) is 52.0 Å². The quantitative estimate of drug-likeness (QED) is 0.574. The molecule has 2 heterocycles. The minimum Gasteiger partial charge on any atom is -0.490 e. The predicted molar refractivity (Wildman–Crippen MR) is 109 cm³/mol. The molecule has 2 aliphatic heterocycles. The molecule has 2 atom stereocenters. The molecule has 0 aromatic heterocycles. The van der Waals surface area contributed by atoms with Crippen LogP contribution in [0.5, 0.6) is 5.75 Å². The largest absolute Gasteiger partial charge is 0.490 e. The molecule has 1 aromatic rings. The van der Waals surface area contributed by atoms with E-state index < -0.39 is 5.60 Å². The van der Waals surface area contributed by atoms with E-state index >= 15 is 0 Å². The van der Waals surface area contributed by atoms with Crippen LogP contribution in [0.3, 0.4) is 0 Å². The lowest BCUT2D eigenvalue weighted by atomic mass is 9.90. The van der Waals surface area contributed by atoms with Crippen molar-refractivity contribution in [3.63, 3.8) is 0 Å². The highest BCUT2D eigenvalue weighted by Crippen LogP contribution is 2.42. The molecular weight excluding hydrogens is 354 g/mol. The first-order chi connectivity index (χ1) is 13.3. The van der Waals surface area contributed by atoms with Crippen molar-refractivity contribution in [3.8, 4) is 11.8 Å². The summed E-state index contributed by atoms with van der Waals surface area (Å²) < 4.78 is 11.5. The average molecular weight is 383 g/mol.